The van der Waals surface area contributed by atoms with E-state index in [4.69, 9.17) is 0 Å². The molecule has 1 amide bonds. The highest BCUT2D eigenvalue weighted by Crippen LogP contribution is 2.33. The van der Waals surface area contributed by atoms with E-state index in [1.54, 1.807) is 31.1 Å². The molecule has 0 aliphatic heterocycles. The molecule has 0 radical (unpaired) electrons. The minimum atomic E-state index is -0.436. The van der Waals surface area contributed by atoms with Crippen LogP contribution in [0, 0.1) is 17.0 Å². The first-order valence-corrected chi connectivity index (χ1v) is 7.95. The van der Waals surface area contributed by atoms with Crippen molar-refractivity contribution in [1.29, 1.82) is 0 Å². The summed E-state index contributed by atoms with van der Waals surface area (Å²) in [6.45, 7) is 1.65. The van der Waals surface area contributed by atoms with Crippen molar-refractivity contribution < 1.29 is 9.72 Å². The highest BCUT2D eigenvalue weighted by molar-refractivity contribution is 5.94. The standard InChI is InChI=1S/C18H19N3O3/c1-12-11-14(8-9-15(12)21(23)24)18(22)20(2)16-7-3-5-13-6-4-10-19-17(13)16/h4,6,8-11,16H,3,5,7H2,1-2H3/t16-/m1/s1. The highest BCUT2D eigenvalue weighted by atomic mass is 16.6. The monoisotopic (exact) mass is 325 g/mol. The maximum absolute atomic E-state index is 12.8. The number of rotatable bonds is 3. The molecule has 0 saturated heterocycles. The summed E-state index contributed by atoms with van der Waals surface area (Å²) in [7, 11) is 1.77. The molecule has 1 aromatic carbocycles. The quantitative estimate of drug-likeness (QED) is 0.640. The zero-order valence-corrected chi connectivity index (χ0v) is 13.7. The number of nitro benzene ring substituents is 1. The Morgan fingerprint density at radius 3 is 2.88 bits per heavy atom. The summed E-state index contributed by atoms with van der Waals surface area (Å²) < 4.78 is 0. The van der Waals surface area contributed by atoms with E-state index in [-0.39, 0.29) is 17.6 Å². The van der Waals surface area contributed by atoms with Gasteiger partial charge in [0.2, 0.25) is 0 Å². The van der Waals surface area contributed by atoms with E-state index in [0.29, 0.717) is 11.1 Å². The molecule has 1 aliphatic rings. The summed E-state index contributed by atoms with van der Waals surface area (Å²) in [5.74, 6) is -0.142. The molecule has 1 aromatic heterocycles. The second kappa shape index (κ2) is 6.39. The topological polar surface area (TPSA) is 76.3 Å². The van der Waals surface area contributed by atoms with Gasteiger partial charge in [-0.2, -0.15) is 0 Å². The molecule has 0 fully saturated rings. The lowest BCUT2D eigenvalue weighted by atomic mass is 9.90. The number of nitrogens with zero attached hydrogens (tertiary/aromatic N) is 3. The van der Waals surface area contributed by atoms with Crippen LogP contribution >= 0.6 is 0 Å². The first-order valence-electron chi connectivity index (χ1n) is 7.95. The van der Waals surface area contributed by atoms with E-state index in [1.165, 1.54) is 17.7 Å². The maximum Gasteiger partial charge on any atom is 0.272 e. The number of hydrogen-bond donors (Lipinski definition) is 0. The molecule has 1 aliphatic carbocycles. The normalized spacial score (nSPS) is 16.3. The van der Waals surface area contributed by atoms with Gasteiger partial charge in [-0.1, -0.05) is 6.07 Å². The van der Waals surface area contributed by atoms with E-state index >= 15 is 0 Å². The van der Waals surface area contributed by atoms with Crippen molar-refractivity contribution in [1.82, 2.24) is 9.88 Å². The van der Waals surface area contributed by atoms with Crippen molar-refractivity contribution in [3.05, 3.63) is 69.0 Å². The van der Waals surface area contributed by atoms with Gasteiger partial charge in [0.1, 0.15) is 0 Å². The fourth-order valence-corrected chi connectivity index (χ4v) is 3.30. The third-order valence-electron chi connectivity index (χ3n) is 4.59. The van der Waals surface area contributed by atoms with Gasteiger partial charge >= 0.3 is 0 Å². The minimum absolute atomic E-state index is 0.0267. The van der Waals surface area contributed by atoms with E-state index in [9.17, 15) is 14.9 Å². The zero-order valence-electron chi connectivity index (χ0n) is 13.7. The van der Waals surface area contributed by atoms with Crippen LogP contribution in [0.4, 0.5) is 5.69 Å². The maximum atomic E-state index is 12.8. The van der Waals surface area contributed by atoms with Crippen LogP contribution in [0.3, 0.4) is 0 Å². The summed E-state index contributed by atoms with van der Waals surface area (Å²) in [6.07, 6.45) is 4.63. The van der Waals surface area contributed by atoms with Crippen molar-refractivity contribution in [2.75, 3.05) is 7.05 Å². The van der Waals surface area contributed by atoms with Gasteiger partial charge in [-0.3, -0.25) is 19.9 Å². The molecule has 0 spiro atoms. The smallest absolute Gasteiger partial charge is 0.272 e. The van der Waals surface area contributed by atoms with Gasteiger partial charge in [-0.05, 0) is 49.9 Å². The van der Waals surface area contributed by atoms with Crippen molar-refractivity contribution in [3.8, 4) is 0 Å². The predicted octanol–water partition coefficient (Wildman–Crippen LogP) is 3.45. The Kier molecular flexibility index (Phi) is 4.29. The first-order chi connectivity index (χ1) is 11.5. The molecular formula is C18H19N3O3. The van der Waals surface area contributed by atoms with Gasteiger partial charge in [-0.15, -0.1) is 0 Å². The third-order valence-corrected chi connectivity index (χ3v) is 4.59. The van der Waals surface area contributed by atoms with Crippen LogP contribution < -0.4 is 0 Å². The fourth-order valence-electron chi connectivity index (χ4n) is 3.30. The van der Waals surface area contributed by atoms with Crippen LogP contribution in [0.25, 0.3) is 0 Å². The molecule has 3 rings (SSSR count). The van der Waals surface area contributed by atoms with E-state index in [2.05, 4.69) is 11.1 Å². The van der Waals surface area contributed by atoms with Crippen LogP contribution in [0.1, 0.15) is 46.1 Å². The molecule has 6 nitrogen and oxygen atoms in total. The molecule has 0 unspecified atom stereocenters. The first kappa shape index (κ1) is 16.1. The Bertz CT molecular complexity index is 804. The number of pyridine rings is 1. The Hall–Kier alpha value is -2.76. The molecule has 0 N–H and O–H groups in total. The Balaban J connectivity index is 1.88. The average Bonchev–Trinajstić information content (AvgIpc) is 2.59. The van der Waals surface area contributed by atoms with Crippen molar-refractivity contribution in [2.45, 2.75) is 32.2 Å². The van der Waals surface area contributed by atoms with Gasteiger partial charge in [0.25, 0.3) is 11.6 Å². The van der Waals surface area contributed by atoms with Gasteiger partial charge in [0.15, 0.2) is 0 Å². The molecule has 6 heteroatoms. The van der Waals surface area contributed by atoms with E-state index < -0.39 is 4.92 Å². The molecule has 124 valence electrons. The van der Waals surface area contributed by atoms with Crippen LogP contribution in [0.2, 0.25) is 0 Å². The van der Waals surface area contributed by atoms with E-state index in [1.807, 2.05) is 6.07 Å². The van der Waals surface area contributed by atoms with Crippen LogP contribution in [-0.2, 0) is 6.42 Å². The van der Waals surface area contributed by atoms with Gasteiger partial charge in [0, 0.05) is 30.4 Å². The average molecular weight is 325 g/mol. The lowest BCUT2D eigenvalue weighted by molar-refractivity contribution is -0.385. The Morgan fingerprint density at radius 2 is 2.17 bits per heavy atom. The number of fused-ring (bicyclic) bond motifs is 1. The molecule has 24 heavy (non-hydrogen) atoms. The molecular weight excluding hydrogens is 306 g/mol. The summed E-state index contributed by atoms with van der Waals surface area (Å²) in [5, 5.41) is 10.9. The molecule has 1 atom stereocenters. The summed E-state index contributed by atoms with van der Waals surface area (Å²) >= 11 is 0. The largest absolute Gasteiger partial charge is 0.333 e. The Morgan fingerprint density at radius 1 is 1.38 bits per heavy atom. The molecule has 0 bridgehead atoms. The number of aryl methyl sites for hydroxylation is 2. The number of aromatic nitrogens is 1. The van der Waals surface area contributed by atoms with Crippen molar-refractivity contribution in [3.63, 3.8) is 0 Å². The number of amides is 1. The molecule has 0 saturated carbocycles. The van der Waals surface area contributed by atoms with Gasteiger partial charge < -0.3 is 4.90 Å². The van der Waals surface area contributed by atoms with Gasteiger partial charge in [-0.25, -0.2) is 0 Å². The number of carbonyl (C=O) groups excluding carboxylic acids is 1. The van der Waals surface area contributed by atoms with Crippen LogP contribution in [-0.4, -0.2) is 27.8 Å². The predicted molar refractivity (Wildman–Crippen MR) is 89.8 cm³/mol. The second-order valence-electron chi connectivity index (χ2n) is 6.13. The lowest BCUT2D eigenvalue weighted by Crippen LogP contribution is -2.34. The highest BCUT2D eigenvalue weighted by Gasteiger charge is 2.28. The summed E-state index contributed by atoms with van der Waals surface area (Å²) in [6, 6.07) is 8.42. The summed E-state index contributed by atoms with van der Waals surface area (Å²) in [5.41, 5.74) is 3.12. The van der Waals surface area contributed by atoms with Gasteiger partial charge in [0.05, 0.1) is 16.7 Å². The fraction of sp³-hybridized carbons (Fsp3) is 0.333. The van der Waals surface area contributed by atoms with Crippen molar-refractivity contribution >= 4 is 11.6 Å². The lowest BCUT2D eigenvalue weighted by Gasteiger charge is -2.32. The number of hydrogen-bond acceptors (Lipinski definition) is 4. The molecule has 1 heterocycles. The number of carbonyl (C=O) groups is 1. The number of benzene rings is 1. The van der Waals surface area contributed by atoms with Crippen LogP contribution in [0.15, 0.2) is 36.5 Å². The third kappa shape index (κ3) is 2.87. The summed E-state index contributed by atoms with van der Waals surface area (Å²) in [4.78, 5) is 29.5. The second-order valence-corrected chi connectivity index (χ2v) is 6.13. The zero-order chi connectivity index (χ0) is 17.3. The molecule has 2 aromatic rings. The minimum Gasteiger partial charge on any atom is -0.333 e. The Labute approximate surface area is 140 Å². The van der Waals surface area contributed by atoms with E-state index in [0.717, 1.165) is 25.0 Å². The SMILES string of the molecule is Cc1cc(C(=O)N(C)[C@@H]2CCCc3cccnc32)ccc1[N+](=O)[O-]. The van der Waals surface area contributed by atoms with Crippen LogP contribution in [0.5, 0.6) is 0 Å². The number of nitro groups is 1. The van der Waals surface area contributed by atoms with Crippen molar-refractivity contribution in [2.24, 2.45) is 0 Å².